The van der Waals surface area contributed by atoms with Gasteiger partial charge in [0.25, 0.3) is 5.91 Å². The molecule has 0 saturated heterocycles. The van der Waals surface area contributed by atoms with E-state index in [1.54, 1.807) is 18.0 Å². The monoisotopic (exact) mass is 369 g/mol. The standard InChI is InChI=1S/C20H23N3O2S/c1-4-26-19-10-6-5-8-16(19)20(24)21-13-17(18-9-7-11-25-18)23-15(3)12-14(2)22-23/h5-12,17H,4,13H2,1-3H3,(H,21,24). The molecule has 0 spiro atoms. The summed E-state index contributed by atoms with van der Waals surface area (Å²) in [5.74, 6) is 1.61. The molecule has 0 aliphatic rings. The van der Waals surface area contributed by atoms with Gasteiger partial charge in [-0.3, -0.25) is 9.48 Å². The highest BCUT2D eigenvalue weighted by atomic mass is 32.2. The van der Waals surface area contributed by atoms with Crippen LogP contribution in [0.2, 0.25) is 0 Å². The van der Waals surface area contributed by atoms with E-state index in [-0.39, 0.29) is 11.9 Å². The Bertz CT molecular complexity index is 871. The number of nitrogens with zero attached hydrogens (tertiary/aromatic N) is 2. The molecule has 0 bridgehead atoms. The molecule has 0 fully saturated rings. The van der Waals surface area contributed by atoms with Crippen molar-refractivity contribution in [3.63, 3.8) is 0 Å². The molecule has 3 aromatic rings. The lowest BCUT2D eigenvalue weighted by Crippen LogP contribution is -2.32. The third-order valence-corrected chi connectivity index (χ3v) is 5.05. The minimum Gasteiger partial charge on any atom is -0.467 e. The summed E-state index contributed by atoms with van der Waals surface area (Å²) < 4.78 is 7.50. The van der Waals surface area contributed by atoms with E-state index in [1.165, 1.54) is 0 Å². The summed E-state index contributed by atoms with van der Waals surface area (Å²) in [7, 11) is 0. The summed E-state index contributed by atoms with van der Waals surface area (Å²) in [5.41, 5.74) is 2.67. The van der Waals surface area contributed by atoms with Gasteiger partial charge < -0.3 is 9.73 Å². The second-order valence-electron chi connectivity index (χ2n) is 6.04. The van der Waals surface area contributed by atoms with Crippen molar-refractivity contribution in [1.29, 1.82) is 0 Å². The van der Waals surface area contributed by atoms with Gasteiger partial charge in [0.2, 0.25) is 0 Å². The molecule has 2 heterocycles. The van der Waals surface area contributed by atoms with E-state index >= 15 is 0 Å². The van der Waals surface area contributed by atoms with Crippen molar-refractivity contribution in [2.75, 3.05) is 12.3 Å². The highest BCUT2D eigenvalue weighted by Crippen LogP contribution is 2.23. The average Bonchev–Trinajstić information content (AvgIpc) is 3.26. The van der Waals surface area contributed by atoms with Crippen LogP contribution in [0, 0.1) is 13.8 Å². The van der Waals surface area contributed by atoms with Crippen molar-refractivity contribution in [2.45, 2.75) is 31.7 Å². The highest BCUT2D eigenvalue weighted by Gasteiger charge is 2.21. The maximum Gasteiger partial charge on any atom is 0.252 e. The molecule has 0 radical (unpaired) electrons. The van der Waals surface area contributed by atoms with Crippen LogP contribution in [0.1, 0.15) is 40.5 Å². The van der Waals surface area contributed by atoms with Gasteiger partial charge in [0.15, 0.2) is 0 Å². The number of amides is 1. The van der Waals surface area contributed by atoms with E-state index in [4.69, 9.17) is 4.42 Å². The van der Waals surface area contributed by atoms with Crippen molar-refractivity contribution >= 4 is 17.7 Å². The Morgan fingerprint density at radius 2 is 2.08 bits per heavy atom. The molecule has 1 amide bonds. The summed E-state index contributed by atoms with van der Waals surface area (Å²) in [4.78, 5) is 13.7. The van der Waals surface area contributed by atoms with E-state index in [2.05, 4.69) is 17.3 Å². The Morgan fingerprint density at radius 1 is 1.27 bits per heavy atom. The zero-order chi connectivity index (χ0) is 18.5. The minimum absolute atomic E-state index is 0.0837. The quantitative estimate of drug-likeness (QED) is 0.633. The van der Waals surface area contributed by atoms with Crippen LogP contribution in [0.3, 0.4) is 0 Å². The number of benzene rings is 1. The van der Waals surface area contributed by atoms with Crippen LogP contribution in [0.5, 0.6) is 0 Å². The van der Waals surface area contributed by atoms with Crippen LogP contribution in [0.15, 0.2) is 58.0 Å². The molecular formula is C20H23N3O2S. The minimum atomic E-state index is -0.186. The van der Waals surface area contributed by atoms with Crippen molar-refractivity contribution in [3.8, 4) is 0 Å². The van der Waals surface area contributed by atoms with E-state index < -0.39 is 0 Å². The molecule has 3 rings (SSSR count). The third kappa shape index (κ3) is 4.02. The molecular weight excluding hydrogens is 346 g/mol. The van der Waals surface area contributed by atoms with Crippen LogP contribution in [-0.2, 0) is 0 Å². The fourth-order valence-electron chi connectivity index (χ4n) is 2.97. The Hall–Kier alpha value is -2.47. The molecule has 5 nitrogen and oxygen atoms in total. The number of hydrogen-bond acceptors (Lipinski definition) is 4. The fourth-order valence-corrected chi connectivity index (χ4v) is 3.77. The average molecular weight is 369 g/mol. The van der Waals surface area contributed by atoms with Gasteiger partial charge in [-0.1, -0.05) is 19.1 Å². The topological polar surface area (TPSA) is 60.1 Å². The number of hydrogen-bond donors (Lipinski definition) is 1. The number of rotatable bonds is 7. The second-order valence-corrected chi connectivity index (χ2v) is 7.35. The summed E-state index contributed by atoms with van der Waals surface area (Å²) in [6.45, 7) is 6.44. The Kier molecular flexibility index (Phi) is 5.83. The lowest BCUT2D eigenvalue weighted by atomic mass is 10.2. The van der Waals surface area contributed by atoms with Gasteiger partial charge in [-0.25, -0.2) is 0 Å². The first-order valence-corrected chi connectivity index (χ1v) is 9.65. The molecule has 1 unspecified atom stereocenters. The third-order valence-electron chi connectivity index (χ3n) is 4.10. The number of aromatic nitrogens is 2. The van der Waals surface area contributed by atoms with Gasteiger partial charge in [-0.2, -0.15) is 5.10 Å². The molecule has 1 aromatic carbocycles. The fraction of sp³-hybridized carbons (Fsp3) is 0.300. The lowest BCUT2D eigenvalue weighted by Gasteiger charge is -2.18. The largest absolute Gasteiger partial charge is 0.467 e. The smallest absolute Gasteiger partial charge is 0.252 e. The molecule has 1 atom stereocenters. The molecule has 0 aliphatic carbocycles. The zero-order valence-electron chi connectivity index (χ0n) is 15.2. The number of carbonyl (C=O) groups excluding carboxylic acids is 1. The summed E-state index contributed by atoms with van der Waals surface area (Å²) in [6, 6.07) is 13.3. The van der Waals surface area contributed by atoms with Crippen LogP contribution in [0.4, 0.5) is 0 Å². The van der Waals surface area contributed by atoms with Gasteiger partial charge in [-0.15, -0.1) is 11.8 Å². The van der Waals surface area contributed by atoms with Crippen LogP contribution in [0.25, 0.3) is 0 Å². The summed E-state index contributed by atoms with van der Waals surface area (Å²) >= 11 is 1.67. The second kappa shape index (κ2) is 8.27. The van der Waals surface area contributed by atoms with Gasteiger partial charge in [0.05, 0.1) is 17.5 Å². The van der Waals surface area contributed by atoms with E-state index in [0.29, 0.717) is 12.1 Å². The van der Waals surface area contributed by atoms with Gasteiger partial charge in [0, 0.05) is 17.1 Å². The molecule has 26 heavy (non-hydrogen) atoms. The van der Waals surface area contributed by atoms with Gasteiger partial charge >= 0.3 is 0 Å². The first-order valence-electron chi connectivity index (χ1n) is 8.66. The van der Waals surface area contributed by atoms with E-state index in [0.717, 1.165) is 27.8 Å². The Balaban J connectivity index is 1.81. The highest BCUT2D eigenvalue weighted by molar-refractivity contribution is 7.99. The number of thioether (sulfide) groups is 1. The van der Waals surface area contributed by atoms with Crippen molar-refractivity contribution in [3.05, 3.63) is 71.4 Å². The van der Waals surface area contributed by atoms with Crippen molar-refractivity contribution in [1.82, 2.24) is 15.1 Å². The van der Waals surface area contributed by atoms with Gasteiger partial charge in [-0.05, 0) is 49.9 Å². The maximum absolute atomic E-state index is 12.8. The molecule has 2 aromatic heterocycles. The van der Waals surface area contributed by atoms with Crippen LogP contribution < -0.4 is 5.32 Å². The van der Waals surface area contributed by atoms with Crippen molar-refractivity contribution in [2.24, 2.45) is 0 Å². The predicted molar refractivity (Wildman–Crippen MR) is 104 cm³/mol. The van der Waals surface area contributed by atoms with Crippen molar-refractivity contribution < 1.29 is 9.21 Å². The number of nitrogens with one attached hydrogen (secondary N) is 1. The van der Waals surface area contributed by atoms with Crippen LogP contribution in [-0.4, -0.2) is 28.0 Å². The zero-order valence-corrected chi connectivity index (χ0v) is 16.0. The molecule has 136 valence electrons. The maximum atomic E-state index is 12.8. The van der Waals surface area contributed by atoms with E-state index in [1.807, 2.05) is 61.0 Å². The number of carbonyl (C=O) groups is 1. The number of aryl methyl sites for hydroxylation is 2. The first-order chi connectivity index (χ1) is 12.6. The van der Waals surface area contributed by atoms with Gasteiger partial charge in [0.1, 0.15) is 11.8 Å². The van der Waals surface area contributed by atoms with Crippen LogP contribution >= 0.6 is 11.8 Å². The molecule has 0 aliphatic heterocycles. The first kappa shape index (κ1) is 18.3. The Morgan fingerprint density at radius 3 is 2.73 bits per heavy atom. The number of furan rings is 1. The molecule has 1 N–H and O–H groups in total. The molecule has 0 saturated carbocycles. The Labute approximate surface area is 157 Å². The molecule has 6 heteroatoms. The summed E-state index contributed by atoms with van der Waals surface area (Å²) in [5, 5.41) is 7.61. The predicted octanol–water partition coefficient (Wildman–Crippen LogP) is 4.22. The van der Waals surface area contributed by atoms with E-state index in [9.17, 15) is 4.79 Å². The lowest BCUT2D eigenvalue weighted by molar-refractivity contribution is 0.0945. The SMILES string of the molecule is CCSc1ccccc1C(=O)NCC(c1ccco1)n1nc(C)cc1C. The summed E-state index contributed by atoms with van der Waals surface area (Å²) in [6.07, 6.45) is 1.64. The normalized spacial score (nSPS) is 12.1.